The van der Waals surface area contributed by atoms with E-state index in [4.69, 9.17) is 9.88 Å². The van der Waals surface area contributed by atoms with Gasteiger partial charge in [-0.25, -0.2) is 26.7 Å². The Kier molecular flexibility index (Phi) is 7.01. The Morgan fingerprint density at radius 2 is 1.72 bits per heavy atom. The number of carbonyl (C=O) groups excluding carboxylic acids is 1. The minimum absolute atomic E-state index is 0.0479. The molecule has 0 saturated carbocycles. The number of nitrogens with one attached hydrogen (secondary N) is 2. The van der Waals surface area contributed by atoms with Crippen molar-refractivity contribution < 1.29 is 26.4 Å². The largest absolute Gasteiger partial charge is 0.495 e. The van der Waals surface area contributed by atoms with Crippen LogP contribution in [0.25, 0.3) is 0 Å². The van der Waals surface area contributed by atoms with Gasteiger partial charge in [0.2, 0.25) is 26.0 Å². The van der Waals surface area contributed by atoms with Gasteiger partial charge in [0.15, 0.2) is 0 Å². The molecular formula is C18H23N3O6S2. The molecule has 0 spiro atoms. The smallest absolute Gasteiger partial charge is 0.241 e. The first-order valence-corrected chi connectivity index (χ1v) is 11.5. The Balaban J connectivity index is 2.03. The van der Waals surface area contributed by atoms with Gasteiger partial charge in [-0.3, -0.25) is 4.79 Å². The predicted molar refractivity (Wildman–Crippen MR) is 109 cm³/mol. The number of amides is 1. The molecule has 2 rings (SSSR count). The standard InChI is InChI=1S/C18H23N3O6S2/c1-12-4-5-13(2)16(10-12)29(25,26)20-9-8-18(22)21-14-6-7-15(27-3)17(11-14)28(19,23)24/h4-7,10-11,20H,8-9H2,1-3H3,(H,21,22)(H2,19,23,24). The van der Waals surface area contributed by atoms with E-state index in [0.29, 0.717) is 5.56 Å². The Bertz CT molecular complexity index is 1130. The average Bonchev–Trinajstić information content (AvgIpc) is 2.62. The molecule has 0 saturated heterocycles. The van der Waals surface area contributed by atoms with Gasteiger partial charge >= 0.3 is 0 Å². The van der Waals surface area contributed by atoms with E-state index in [9.17, 15) is 21.6 Å². The summed E-state index contributed by atoms with van der Waals surface area (Å²) in [5.74, 6) is -0.453. The number of hydrogen-bond acceptors (Lipinski definition) is 6. The van der Waals surface area contributed by atoms with Crippen LogP contribution in [0, 0.1) is 13.8 Å². The van der Waals surface area contributed by atoms with Gasteiger partial charge in [0, 0.05) is 18.7 Å². The normalized spacial score (nSPS) is 11.9. The van der Waals surface area contributed by atoms with Crippen LogP contribution < -0.4 is 19.9 Å². The molecule has 29 heavy (non-hydrogen) atoms. The number of sulfonamides is 2. The number of rotatable bonds is 8. The second-order valence-electron chi connectivity index (χ2n) is 6.38. The summed E-state index contributed by atoms with van der Waals surface area (Å²) in [6.07, 6.45) is -0.152. The van der Waals surface area contributed by atoms with Crippen molar-refractivity contribution in [1.82, 2.24) is 4.72 Å². The SMILES string of the molecule is COc1ccc(NC(=O)CCNS(=O)(=O)c2cc(C)ccc2C)cc1S(N)(=O)=O. The third kappa shape index (κ3) is 6.00. The van der Waals surface area contributed by atoms with E-state index < -0.39 is 26.0 Å². The third-order valence-electron chi connectivity index (χ3n) is 4.03. The molecule has 2 aromatic carbocycles. The van der Waals surface area contributed by atoms with Crippen LogP contribution in [-0.2, 0) is 24.8 Å². The topological polar surface area (TPSA) is 145 Å². The minimum atomic E-state index is -4.05. The summed E-state index contributed by atoms with van der Waals surface area (Å²) in [6, 6.07) is 9.07. The molecule has 0 atom stereocenters. The lowest BCUT2D eigenvalue weighted by molar-refractivity contribution is -0.116. The summed E-state index contributed by atoms with van der Waals surface area (Å²) in [6.45, 7) is 3.35. The summed E-state index contributed by atoms with van der Waals surface area (Å²) < 4.78 is 55.5. The van der Waals surface area contributed by atoms with Crippen molar-refractivity contribution in [3.63, 3.8) is 0 Å². The number of carbonyl (C=O) groups is 1. The molecule has 2 aromatic rings. The van der Waals surface area contributed by atoms with Gasteiger partial charge < -0.3 is 10.1 Å². The minimum Gasteiger partial charge on any atom is -0.495 e. The Labute approximate surface area is 170 Å². The van der Waals surface area contributed by atoms with E-state index in [-0.39, 0.29) is 34.2 Å². The first kappa shape index (κ1) is 22.8. The molecule has 9 nitrogen and oxygen atoms in total. The van der Waals surface area contributed by atoms with Gasteiger partial charge in [-0.1, -0.05) is 12.1 Å². The van der Waals surface area contributed by atoms with Gasteiger partial charge in [-0.05, 0) is 49.2 Å². The molecule has 0 bridgehead atoms. The lowest BCUT2D eigenvalue weighted by Gasteiger charge is -2.11. The van der Waals surface area contributed by atoms with Crippen LogP contribution in [-0.4, -0.2) is 36.4 Å². The summed E-state index contributed by atoms with van der Waals surface area (Å²) in [5, 5.41) is 7.64. The Hall–Kier alpha value is -2.47. The second kappa shape index (κ2) is 8.91. The molecule has 0 fully saturated rings. The number of nitrogens with two attached hydrogens (primary N) is 1. The number of anilines is 1. The van der Waals surface area contributed by atoms with Crippen molar-refractivity contribution in [2.75, 3.05) is 19.0 Å². The zero-order chi connectivity index (χ0) is 21.8. The van der Waals surface area contributed by atoms with Crippen LogP contribution in [0.4, 0.5) is 5.69 Å². The number of hydrogen-bond donors (Lipinski definition) is 3. The van der Waals surface area contributed by atoms with Gasteiger partial charge in [-0.15, -0.1) is 0 Å². The third-order valence-corrected chi connectivity index (χ3v) is 6.57. The monoisotopic (exact) mass is 441 g/mol. The van der Waals surface area contributed by atoms with Crippen LogP contribution in [0.1, 0.15) is 17.5 Å². The predicted octanol–water partition coefficient (Wildman–Crippen LogP) is 1.27. The highest BCUT2D eigenvalue weighted by atomic mass is 32.2. The van der Waals surface area contributed by atoms with Crippen molar-refractivity contribution >= 4 is 31.6 Å². The van der Waals surface area contributed by atoms with Crippen molar-refractivity contribution in [1.29, 1.82) is 0 Å². The van der Waals surface area contributed by atoms with Crippen molar-refractivity contribution in [3.8, 4) is 5.75 Å². The van der Waals surface area contributed by atoms with E-state index in [1.165, 1.54) is 25.3 Å². The molecule has 11 heteroatoms. The fourth-order valence-corrected chi connectivity index (χ4v) is 4.66. The van der Waals surface area contributed by atoms with E-state index in [1.54, 1.807) is 26.0 Å². The van der Waals surface area contributed by atoms with Crippen LogP contribution in [0.15, 0.2) is 46.2 Å². The van der Waals surface area contributed by atoms with Crippen molar-refractivity contribution in [2.24, 2.45) is 5.14 Å². The Morgan fingerprint density at radius 1 is 1.03 bits per heavy atom. The molecule has 0 heterocycles. The zero-order valence-electron chi connectivity index (χ0n) is 16.2. The summed E-state index contributed by atoms with van der Waals surface area (Å²) >= 11 is 0. The van der Waals surface area contributed by atoms with Gasteiger partial charge in [0.25, 0.3) is 0 Å². The molecule has 4 N–H and O–H groups in total. The van der Waals surface area contributed by atoms with Crippen LogP contribution >= 0.6 is 0 Å². The highest BCUT2D eigenvalue weighted by molar-refractivity contribution is 7.89. The Morgan fingerprint density at radius 3 is 2.34 bits per heavy atom. The summed E-state index contributed by atoms with van der Waals surface area (Å²) in [7, 11) is -6.51. The zero-order valence-corrected chi connectivity index (χ0v) is 17.9. The fraction of sp³-hybridized carbons (Fsp3) is 0.278. The van der Waals surface area contributed by atoms with Crippen LogP contribution in [0.2, 0.25) is 0 Å². The molecule has 0 aliphatic rings. The maximum Gasteiger partial charge on any atom is 0.241 e. The molecule has 158 valence electrons. The molecule has 0 aliphatic carbocycles. The molecule has 1 amide bonds. The summed E-state index contributed by atoms with van der Waals surface area (Å²) in [4.78, 5) is 12.0. The highest BCUT2D eigenvalue weighted by Crippen LogP contribution is 2.26. The van der Waals surface area contributed by atoms with Gasteiger partial charge in [0.1, 0.15) is 10.6 Å². The lowest BCUT2D eigenvalue weighted by atomic mass is 10.2. The van der Waals surface area contributed by atoms with Crippen molar-refractivity contribution in [3.05, 3.63) is 47.5 Å². The van der Waals surface area contributed by atoms with E-state index in [0.717, 1.165) is 5.56 Å². The van der Waals surface area contributed by atoms with Gasteiger partial charge in [-0.2, -0.15) is 0 Å². The van der Waals surface area contributed by atoms with Crippen LogP contribution in [0.5, 0.6) is 5.75 Å². The van der Waals surface area contributed by atoms with Gasteiger partial charge in [0.05, 0.1) is 12.0 Å². The number of benzene rings is 2. The molecule has 0 aromatic heterocycles. The van der Waals surface area contributed by atoms with Crippen molar-refractivity contribution in [2.45, 2.75) is 30.1 Å². The number of methoxy groups -OCH3 is 1. The molecule has 0 unspecified atom stereocenters. The maximum atomic E-state index is 12.4. The lowest BCUT2D eigenvalue weighted by Crippen LogP contribution is -2.28. The maximum absolute atomic E-state index is 12.4. The number of aryl methyl sites for hydroxylation is 2. The van der Waals surface area contributed by atoms with E-state index in [1.807, 2.05) is 6.07 Å². The molecule has 0 aliphatic heterocycles. The van der Waals surface area contributed by atoms with E-state index >= 15 is 0 Å². The fourth-order valence-electron chi connectivity index (χ4n) is 2.57. The first-order valence-electron chi connectivity index (χ1n) is 8.51. The molecular weight excluding hydrogens is 418 g/mol. The highest BCUT2D eigenvalue weighted by Gasteiger charge is 2.18. The summed E-state index contributed by atoms with van der Waals surface area (Å²) in [5.41, 5.74) is 1.59. The average molecular weight is 442 g/mol. The molecule has 0 radical (unpaired) electrons. The first-order chi connectivity index (χ1) is 13.4. The number of ether oxygens (including phenoxy) is 1. The second-order valence-corrected chi connectivity index (χ2v) is 9.64. The quantitative estimate of drug-likeness (QED) is 0.562. The van der Waals surface area contributed by atoms with E-state index in [2.05, 4.69) is 10.0 Å². The van der Waals surface area contributed by atoms with Crippen LogP contribution in [0.3, 0.4) is 0 Å². The number of primary sulfonamides is 1.